The third-order valence-corrected chi connectivity index (χ3v) is 8.89. The van der Waals surface area contributed by atoms with Crippen molar-refractivity contribution < 1.29 is 24.5 Å². The molecule has 1 aliphatic carbocycles. The van der Waals surface area contributed by atoms with E-state index in [2.05, 4.69) is 10.6 Å². The monoisotopic (exact) mass is 567 g/mol. The normalized spacial score (nSPS) is 20.8. The van der Waals surface area contributed by atoms with E-state index in [1.54, 1.807) is 7.11 Å². The van der Waals surface area contributed by atoms with Gasteiger partial charge in [0.05, 0.1) is 17.7 Å². The number of para-hydroxylation sites is 2. The summed E-state index contributed by atoms with van der Waals surface area (Å²) in [5.74, 6) is 1.39. The fraction of sp³-hybridized carbons (Fsp3) is 0.606. The molecule has 2 amide bonds. The number of nitrogens with one attached hydrogen (secondary N) is 2. The van der Waals surface area contributed by atoms with Gasteiger partial charge < -0.3 is 35.2 Å². The predicted octanol–water partition coefficient (Wildman–Crippen LogP) is 5.04. The Hall–Kier alpha value is -2.65. The van der Waals surface area contributed by atoms with Crippen molar-refractivity contribution in [1.82, 2.24) is 15.5 Å². The van der Waals surface area contributed by atoms with Crippen molar-refractivity contribution in [2.75, 3.05) is 40.4 Å². The number of amides is 2. The number of carbonyl (C=O) groups excluding carboxylic acids is 1. The zero-order chi connectivity index (χ0) is 29.1. The Morgan fingerprint density at radius 3 is 2.51 bits per heavy atom. The van der Waals surface area contributed by atoms with Gasteiger partial charge in [-0.2, -0.15) is 0 Å². The quantitative estimate of drug-likeness (QED) is 0.239. The maximum absolute atomic E-state index is 13.6. The van der Waals surface area contributed by atoms with Crippen molar-refractivity contribution in [3.63, 3.8) is 0 Å². The largest absolute Gasteiger partial charge is 0.457 e. The Labute approximate surface area is 245 Å². The number of ether oxygens (including phenoxy) is 2. The molecule has 226 valence electrons. The molecule has 1 saturated heterocycles. The molecule has 0 radical (unpaired) electrons. The van der Waals surface area contributed by atoms with Crippen molar-refractivity contribution in [3.8, 4) is 11.5 Å². The summed E-state index contributed by atoms with van der Waals surface area (Å²) < 4.78 is 11.6. The average molecular weight is 568 g/mol. The molecule has 1 heterocycles. The fourth-order valence-corrected chi connectivity index (χ4v) is 6.63. The van der Waals surface area contributed by atoms with Crippen LogP contribution in [0.5, 0.6) is 11.5 Å². The number of methoxy groups -OCH3 is 1. The summed E-state index contributed by atoms with van der Waals surface area (Å²) in [4.78, 5) is 15.4. The first-order valence-electron chi connectivity index (χ1n) is 15.4. The van der Waals surface area contributed by atoms with E-state index >= 15 is 0 Å². The molecule has 0 aromatic heterocycles. The van der Waals surface area contributed by atoms with Gasteiger partial charge in [0.1, 0.15) is 11.5 Å². The molecule has 4 rings (SSSR count). The van der Waals surface area contributed by atoms with Crippen LogP contribution in [0, 0.1) is 11.8 Å². The van der Waals surface area contributed by atoms with Crippen LogP contribution in [0.2, 0.25) is 0 Å². The number of aliphatic hydroxyl groups is 2. The second kappa shape index (κ2) is 15.5. The SMILES string of the molecule is CNC[C@@H](NC(=O)N1CCC[C@@H]([C@@](O)(CCCCOC)c2ccccc2Oc2ccccc2)C1)[C@@H](O)C1CCCC1. The number of aliphatic hydroxyl groups excluding tert-OH is 1. The van der Waals surface area contributed by atoms with Gasteiger partial charge in [0.25, 0.3) is 0 Å². The minimum atomic E-state index is -1.19. The third-order valence-electron chi connectivity index (χ3n) is 8.89. The molecule has 0 spiro atoms. The smallest absolute Gasteiger partial charge is 0.317 e. The first-order chi connectivity index (χ1) is 20.0. The maximum Gasteiger partial charge on any atom is 0.317 e. The Kier molecular flexibility index (Phi) is 11.9. The van der Waals surface area contributed by atoms with Gasteiger partial charge >= 0.3 is 6.03 Å². The lowest BCUT2D eigenvalue weighted by atomic mass is 9.73. The molecule has 2 aromatic rings. The van der Waals surface area contributed by atoms with E-state index in [0.29, 0.717) is 44.2 Å². The van der Waals surface area contributed by atoms with Gasteiger partial charge in [0.15, 0.2) is 0 Å². The van der Waals surface area contributed by atoms with Crippen molar-refractivity contribution in [2.24, 2.45) is 11.8 Å². The molecule has 4 atom stereocenters. The van der Waals surface area contributed by atoms with Gasteiger partial charge in [0, 0.05) is 44.8 Å². The van der Waals surface area contributed by atoms with E-state index in [0.717, 1.165) is 56.9 Å². The predicted molar refractivity (Wildman–Crippen MR) is 161 cm³/mol. The van der Waals surface area contributed by atoms with Gasteiger partial charge in [-0.15, -0.1) is 0 Å². The summed E-state index contributed by atoms with van der Waals surface area (Å²) in [6.45, 7) is 2.19. The molecule has 1 aliphatic heterocycles. The zero-order valence-electron chi connectivity index (χ0n) is 24.8. The standard InChI is InChI=1S/C33H49N3O5/c1-34-23-29(31(37)25-13-6-7-14-25)35-32(38)36-21-12-15-26(24-36)33(39,20-10-11-22-40-2)28-18-8-9-19-30(28)41-27-16-4-3-5-17-27/h3-5,8-9,16-19,25-26,29,31,34,37,39H,6-7,10-15,20-24H2,1-2H3,(H,35,38)/t26-,29-,31+,33+/m1/s1. The minimum absolute atomic E-state index is 0.174. The highest BCUT2D eigenvalue weighted by Crippen LogP contribution is 2.44. The van der Waals surface area contributed by atoms with Gasteiger partial charge in [-0.3, -0.25) is 0 Å². The van der Waals surface area contributed by atoms with Crippen molar-refractivity contribution in [3.05, 3.63) is 60.2 Å². The van der Waals surface area contributed by atoms with Gasteiger partial charge in [0.2, 0.25) is 0 Å². The molecule has 0 unspecified atom stereocenters. The highest BCUT2D eigenvalue weighted by Gasteiger charge is 2.43. The van der Waals surface area contributed by atoms with Crippen molar-refractivity contribution in [1.29, 1.82) is 0 Å². The van der Waals surface area contributed by atoms with E-state index in [1.807, 2.05) is 66.5 Å². The summed E-state index contributed by atoms with van der Waals surface area (Å²) in [5, 5.41) is 29.9. The van der Waals surface area contributed by atoms with Crippen LogP contribution < -0.4 is 15.4 Å². The number of unbranched alkanes of at least 4 members (excludes halogenated alkanes) is 1. The fourth-order valence-electron chi connectivity index (χ4n) is 6.63. The molecule has 1 saturated carbocycles. The number of rotatable bonds is 14. The van der Waals surface area contributed by atoms with Gasteiger partial charge in [-0.05, 0) is 76.1 Å². The lowest BCUT2D eigenvalue weighted by Gasteiger charge is -2.43. The molecular weight excluding hydrogens is 518 g/mol. The van der Waals surface area contributed by atoms with E-state index in [1.165, 1.54) is 0 Å². The number of likely N-dealkylation sites (tertiary alicyclic amines) is 1. The second-order valence-electron chi connectivity index (χ2n) is 11.7. The molecule has 41 heavy (non-hydrogen) atoms. The van der Waals surface area contributed by atoms with Crippen LogP contribution in [0.1, 0.15) is 63.4 Å². The molecule has 4 N–H and O–H groups in total. The molecule has 0 bridgehead atoms. The number of piperidine rings is 1. The second-order valence-corrected chi connectivity index (χ2v) is 11.7. The molecule has 8 nitrogen and oxygen atoms in total. The van der Waals surface area contributed by atoms with Crippen LogP contribution in [0.4, 0.5) is 4.79 Å². The highest BCUT2D eigenvalue weighted by atomic mass is 16.5. The number of hydrogen-bond donors (Lipinski definition) is 4. The van der Waals surface area contributed by atoms with E-state index in [-0.39, 0.29) is 23.9 Å². The van der Waals surface area contributed by atoms with E-state index < -0.39 is 11.7 Å². The zero-order valence-corrected chi connectivity index (χ0v) is 24.8. The third kappa shape index (κ3) is 8.22. The average Bonchev–Trinajstić information content (AvgIpc) is 3.55. The minimum Gasteiger partial charge on any atom is -0.457 e. The van der Waals surface area contributed by atoms with Crippen LogP contribution in [-0.4, -0.2) is 73.7 Å². The molecule has 8 heteroatoms. The van der Waals surface area contributed by atoms with Crippen LogP contribution in [0.15, 0.2) is 54.6 Å². The van der Waals surface area contributed by atoms with Crippen LogP contribution >= 0.6 is 0 Å². The summed E-state index contributed by atoms with van der Waals surface area (Å²) in [5.41, 5.74) is -0.440. The van der Waals surface area contributed by atoms with Crippen molar-refractivity contribution in [2.45, 2.75) is 75.5 Å². The Morgan fingerprint density at radius 2 is 1.78 bits per heavy atom. The Morgan fingerprint density at radius 1 is 1.05 bits per heavy atom. The van der Waals surface area contributed by atoms with E-state index in [4.69, 9.17) is 9.47 Å². The van der Waals surface area contributed by atoms with Crippen LogP contribution in [-0.2, 0) is 10.3 Å². The summed E-state index contributed by atoms with van der Waals surface area (Å²) in [6.07, 6.45) is 7.45. The van der Waals surface area contributed by atoms with Crippen LogP contribution in [0.25, 0.3) is 0 Å². The number of likely N-dealkylation sites (N-methyl/N-ethyl adjacent to an activating group) is 1. The number of urea groups is 1. The Bertz CT molecular complexity index is 1060. The first-order valence-corrected chi connectivity index (χ1v) is 15.4. The summed E-state index contributed by atoms with van der Waals surface area (Å²) >= 11 is 0. The lowest BCUT2D eigenvalue weighted by molar-refractivity contribution is -0.0577. The van der Waals surface area contributed by atoms with Crippen molar-refractivity contribution >= 4 is 6.03 Å². The first kappa shape index (κ1) is 31.3. The highest BCUT2D eigenvalue weighted by molar-refractivity contribution is 5.74. The Balaban J connectivity index is 1.54. The molecule has 2 aromatic carbocycles. The number of nitrogens with zero attached hydrogens (tertiary/aromatic N) is 1. The number of benzene rings is 2. The number of hydrogen-bond acceptors (Lipinski definition) is 6. The van der Waals surface area contributed by atoms with E-state index in [9.17, 15) is 15.0 Å². The van der Waals surface area contributed by atoms with Gasteiger partial charge in [-0.25, -0.2) is 4.79 Å². The topological polar surface area (TPSA) is 103 Å². The molecule has 2 fully saturated rings. The summed E-state index contributed by atoms with van der Waals surface area (Å²) in [6, 6.07) is 16.8. The number of carbonyl (C=O) groups is 1. The summed E-state index contributed by atoms with van der Waals surface area (Å²) in [7, 11) is 3.54. The van der Waals surface area contributed by atoms with Crippen LogP contribution in [0.3, 0.4) is 0 Å². The molecular formula is C33H49N3O5. The maximum atomic E-state index is 13.6. The molecule has 2 aliphatic rings. The lowest BCUT2D eigenvalue weighted by Crippen LogP contribution is -2.57. The van der Waals surface area contributed by atoms with Gasteiger partial charge in [-0.1, -0.05) is 49.2 Å².